The number of esters is 1. The Morgan fingerprint density at radius 3 is 2.38 bits per heavy atom. The highest BCUT2D eigenvalue weighted by atomic mass is 32.2. The summed E-state index contributed by atoms with van der Waals surface area (Å²) in [5.74, 6) is -1.02. The maximum Gasteiger partial charge on any atom is 0.338 e. The summed E-state index contributed by atoms with van der Waals surface area (Å²) >= 11 is 0. The number of carbonyl (C=O) groups is 2. The molecule has 3 rings (SSSR count). The molecule has 2 heterocycles. The van der Waals surface area contributed by atoms with Gasteiger partial charge in [0, 0.05) is 37.1 Å². The Hall–Kier alpha value is -2.45. The van der Waals surface area contributed by atoms with Crippen molar-refractivity contribution in [3.63, 3.8) is 0 Å². The molecule has 0 saturated carbocycles. The van der Waals surface area contributed by atoms with Crippen molar-refractivity contribution in [2.24, 2.45) is 7.05 Å². The van der Waals surface area contributed by atoms with Crippen LogP contribution in [0.25, 0.3) is 0 Å². The first-order valence-electron chi connectivity index (χ1n) is 9.65. The lowest BCUT2D eigenvalue weighted by Gasteiger charge is -2.25. The maximum absolute atomic E-state index is 12.8. The van der Waals surface area contributed by atoms with E-state index in [1.807, 2.05) is 25.5 Å². The van der Waals surface area contributed by atoms with E-state index in [1.165, 1.54) is 28.6 Å². The second-order valence-corrected chi connectivity index (χ2v) is 9.27. The normalized spacial score (nSPS) is 15.3. The number of aryl methyl sites for hydroxylation is 1. The molecule has 1 fully saturated rings. The Morgan fingerprint density at radius 2 is 1.76 bits per heavy atom. The fourth-order valence-corrected chi connectivity index (χ4v) is 5.03. The van der Waals surface area contributed by atoms with E-state index in [2.05, 4.69) is 0 Å². The van der Waals surface area contributed by atoms with Gasteiger partial charge >= 0.3 is 5.97 Å². The van der Waals surface area contributed by atoms with Crippen molar-refractivity contribution in [1.29, 1.82) is 0 Å². The number of benzene rings is 1. The second-order valence-electron chi connectivity index (χ2n) is 7.34. The van der Waals surface area contributed by atoms with Crippen molar-refractivity contribution in [1.82, 2.24) is 8.87 Å². The van der Waals surface area contributed by atoms with Gasteiger partial charge in [-0.25, -0.2) is 13.2 Å². The molecule has 0 spiro atoms. The van der Waals surface area contributed by atoms with E-state index < -0.39 is 22.6 Å². The van der Waals surface area contributed by atoms with Gasteiger partial charge in [0.25, 0.3) is 0 Å². The van der Waals surface area contributed by atoms with Crippen LogP contribution in [0.15, 0.2) is 35.2 Å². The van der Waals surface area contributed by atoms with Gasteiger partial charge in [0.2, 0.25) is 15.8 Å². The summed E-state index contributed by atoms with van der Waals surface area (Å²) in [6.07, 6.45) is 2.69. The van der Waals surface area contributed by atoms with Gasteiger partial charge in [-0.15, -0.1) is 0 Å². The SMILES string of the molecule is Cc1cc(C(=O)COC(=O)c2cccc(S(=O)(=O)N3CCCCC3)c2)c(C)n1C. The molecule has 8 heteroatoms. The number of ether oxygens (including phenoxy) is 1. The lowest BCUT2D eigenvalue weighted by Crippen LogP contribution is -2.35. The van der Waals surface area contributed by atoms with Gasteiger partial charge in [0.15, 0.2) is 6.61 Å². The van der Waals surface area contributed by atoms with Crippen molar-refractivity contribution in [3.05, 3.63) is 52.8 Å². The molecule has 0 atom stereocenters. The minimum absolute atomic E-state index is 0.0645. The van der Waals surface area contributed by atoms with E-state index in [0.717, 1.165) is 30.7 Å². The summed E-state index contributed by atoms with van der Waals surface area (Å²) in [5, 5.41) is 0. The van der Waals surface area contributed by atoms with Gasteiger partial charge < -0.3 is 9.30 Å². The first-order chi connectivity index (χ1) is 13.7. The van der Waals surface area contributed by atoms with Crippen molar-refractivity contribution in [2.45, 2.75) is 38.0 Å². The van der Waals surface area contributed by atoms with E-state index in [-0.39, 0.29) is 16.2 Å². The molecule has 1 aromatic carbocycles. The highest BCUT2D eigenvalue weighted by molar-refractivity contribution is 7.89. The summed E-state index contributed by atoms with van der Waals surface area (Å²) in [4.78, 5) is 24.9. The van der Waals surface area contributed by atoms with Gasteiger partial charge in [-0.1, -0.05) is 12.5 Å². The van der Waals surface area contributed by atoms with Crippen LogP contribution in [0.4, 0.5) is 0 Å². The number of Topliss-reactive ketones (excluding diaryl/α,β-unsaturated/α-hetero) is 1. The minimum Gasteiger partial charge on any atom is -0.454 e. The Bertz CT molecular complexity index is 1030. The Labute approximate surface area is 171 Å². The summed E-state index contributed by atoms with van der Waals surface area (Å²) in [5.41, 5.74) is 2.36. The van der Waals surface area contributed by atoms with Crippen molar-refractivity contribution in [3.8, 4) is 0 Å². The standard InChI is InChI=1S/C21H26N2O5S/c1-15-12-19(16(2)22(15)3)20(24)14-28-21(25)17-8-7-9-18(13-17)29(26,27)23-10-5-4-6-11-23/h7-9,12-13H,4-6,10-11,14H2,1-3H3. The largest absolute Gasteiger partial charge is 0.454 e. The molecular formula is C21H26N2O5S. The van der Waals surface area contributed by atoms with Crippen LogP contribution >= 0.6 is 0 Å². The smallest absolute Gasteiger partial charge is 0.338 e. The number of carbonyl (C=O) groups excluding carboxylic acids is 2. The van der Waals surface area contributed by atoms with Crippen molar-refractivity contribution >= 4 is 21.8 Å². The van der Waals surface area contributed by atoms with E-state index in [4.69, 9.17) is 4.74 Å². The number of ketones is 1. The summed E-state index contributed by atoms with van der Waals surface area (Å²) in [6.45, 7) is 4.30. The Balaban J connectivity index is 1.71. The molecule has 0 radical (unpaired) electrons. The number of hydrogen-bond acceptors (Lipinski definition) is 5. The van der Waals surface area contributed by atoms with Gasteiger partial charge in [-0.3, -0.25) is 4.79 Å². The van der Waals surface area contributed by atoms with Gasteiger partial charge in [0.05, 0.1) is 10.5 Å². The number of rotatable bonds is 6. The predicted molar refractivity (Wildman–Crippen MR) is 109 cm³/mol. The zero-order valence-corrected chi connectivity index (χ0v) is 17.8. The monoisotopic (exact) mass is 418 g/mol. The molecule has 29 heavy (non-hydrogen) atoms. The topological polar surface area (TPSA) is 85.7 Å². The lowest BCUT2D eigenvalue weighted by molar-refractivity contribution is 0.0474. The predicted octanol–water partition coefficient (Wildman–Crippen LogP) is 2.86. The summed E-state index contributed by atoms with van der Waals surface area (Å²) in [7, 11) is -1.78. The average Bonchev–Trinajstić information content (AvgIpc) is 3.00. The molecule has 0 N–H and O–H groups in total. The number of piperidine rings is 1. The molecule has 7 nitrogen and oxygen atoms in total. The molecule has 0 unspecified atom stereocenters. The zero-order chi connectivity index (χ0) is 21.2. The Kier molecular flexibility index (Phi) is 6.24. The van der Waals surface area contributed by atoms with Crippen LogP contribution in [0.5, 0.6) is 0 Å². The molecule has 1 saturated heterocycles. The highest BCUT2D eigenvalue weighted by Gasteiger charge is 2.26. The molecular weight excluding hydrogens is 392 g/mol. The van der Waals surface area contributed by atoms with Crippen LogP contribution in [-0.2, 0) is 21.8 Å². The van der Waals surface area contributed by atoms with E-state index in [9.17, 15) is 18.0 Å². The van der Waals surface area contributed by atoms with Crippen LogP contribution in [0.3, 0.4) is 0 Å². The maximum atomic E-state index is 12.8. The number of sulfonamides is 1. The second kappa shape index (κ2) is 8.51. The molecule has 2 aromatic rings. The van der Waals surface area contributed by atoms with Crippen LogP contribution < -0.4 is 0 Å². The lowest BCUT2D eigenvalue weighted by atomic mass is 10.1. The average molecular weight is 419 g/mol. The van der Waals surface area contributed by atoms with Crippen LogP contribution in [0, 0.1) is 13.8 Å². The third-order valence-corrected chi connectivity index (χ3v) is 7.33. The van der Waals surface area contributed by atoms with Crippen molar-refractivity contribution < 1.29 is 22.7 Å². The molecule has 0 bridgehead atoms. The summed E-state index contributed by atoms with van der Waals surface area (Å²) < 4.78 is 34.1. The number of nitrogens with zero attached hydrogens (tertiary/aromatic N) is 2. The van der Waals surface area contributed by atoms with Crippen LogP contribution in [-0.4, -0.2) is 48.7 Å². The summed E-state index contributed by atoms with van der Waals surface area (Å²) in [6, 6.07) is 7.55. The third-order valence-electron chi connectivity index (χ3n) is 5.43. The minimum atomic E-state index is -3.64. The fourth-order valence-electron chi connectivity index (χ4n) is 3.47. The highest BCUT2D eigenvalue weighted by Crippen LogP contribution is 2.22. The molecule has 1 aliphatic rings. The molecule has 1 aromatic heterocycles. The van der Waals surface area contributed by atoms with Crippen LogP contribution in [0.1, 0.15) is 51.4 Å². The molecule has 156 valence electrons. The fraction of sp³-hybridized carbons (Fsp3) is 0.429. The van der Waals surface area contributed by atoms with E-state index in [1.54, 1.807) is 6.07 Å². The van der Waals surface area contributed by atoms with Gasteiger partial charge in [-0.05, 0) is 51.0 Å². The van der Waals surface area contributed by atoms with Crippen LogP contribution in [0.2, 0.25) is 0 Å². The van der Waals surface area contributed by atoms with Crippen molar-refractivity contribution in [2.75, 3.05) is 19.7 Å². The molecule has 1 aliphatic heterocycles. The first-order valence-corrected chi connectivity index (χ1v) is 11.1. The quantitative estimate of drug-likeness (QED) is 0.532. The molecule has 0 aliphatic carbocycles. The first kappa shape index (κ1) is 21.3. The zero-order valence-electron chi connectivity index (χ0n) is 17.0. The van der Waals surface area contributed by atoms with Gasteiger partial charge in [0.1, 0.15) is 0 Å². The Morgan fingerprint density at radius 1 is 1.07 bits per heavy atom. The van der Waals surface area contributed by atoms with Gasteiger partial charge in [-0.2, -0.15) is 4.31 Å². The number of aromatic nitrogens is 1. The number of hydrogen-bond donors (Lipinski definition) is 0. The third kappa shape index (κ3) is 4.43. The van der Waals surface area contributed by atoms with E-state index >= 15 is 0 Å². The molecule has 0 amide bonds. The van der Waals surface area contributed by atoms with E-state index in [0.29, 0.717) is 18.7 Å².